The third-order valence-corrected chi connectivity index (χ3v) is 5.15. The van der Waals surface area contributed by atoms with Gasteiger partial charge in [-0.2, -0.15) is 0 Å². The van der Waals surface area contributed by atoms with Crippen molar-refractivity contribution in [3.63, 3.8) is 0 Å². The number of rotatable bonds is 3. The van der Waals surface area contributed by atoms with E-state index < -0.39 is 5.79 Å². The molecule has 1 aliphatic heterocycles. The largest absolute Gasteiger partial charge is 0.448 e. The van der Waals surface area contributed by atoms with Crippen LogP contribution in [0.15, 0.2) is 42.5 Å². The first-order chi connectivity index (χ1) is 12.5. The quantitative estimate of drug-likeness (QED) is 0.543. The molecular weight excluding hydrogens is 328 g/mol. The van der Waals surface area contributed by atoms with Crippen LogP contribution in [0.25, 0.3) is 0 Å². The maximum atomic E-state index is 12.4. The Morgan fingerprint density at radius 3 is 2.35 bits per heavy atom. The van der Waals surface area contributed by atoms with Crippen LogP contribution in [-0.2, 0) is 0 Å². The van der Waals surface area contributed by atoms with Gasteiger partial charge in [0.05, 0.1) is 5.56 Å². The van der Waals surface area contributed by atoms with Gasteiger partial charge in [0.1, 0.15) is 5.75 Å². The van der Waals surface area contributed by atoms with Gasteiger partial charge in [0.25, 0.3) is 5.79 Å². The topological polar surface area (TPSA) is 44.8 Å². The first-order valence-electron chi connectivity index (χ1n) is 9.39. The first kappa shape index (κ1) is 17.0. The number of carbonyl (C=O) groups excluding carboxylic acids is 1. The van der Waals surface area contributed by atoms with Crippen molar-refractivity contribution < 1.29 is 19.0 Å². The van der Waals surface area contributed by atoms with Gasteiger partial charge in [-0.1, -0.05) is 32.4 Å². The van der Waals surface area contributed by atoms with Crippen molar-refractivity contribution in [3.05, 3.63) is 53.6 Å². The van der Waals surface area contributed by atoms with Crippen LogP contribution >= 0.6 is 0 Å². The van der Waals surface area contributed by atoms with E-state index in [0.717, 1.165) is 31.4 Å². The molecule has 4 rings (SSSR count). The van der Waals surface area contributed by atoms with Gasteiger partial charge in [-0.05, 0) is 48.6 Å². The SMILES string of the molecule is CC(C)c1ccc(C(=O)Oc2ccc3c(c2)OC2(CCCCC2)O3)cc1. The molecule has 2 aromatic rings. The minimum absolute atomic E-state index is 0.369. The van der Waals surface area contributed by atoms with Crippen molar-refractivity contribution >= 4 is 5.97 Å². The van der Waals surface area contributed by atoms with Gasteiger partial charge >= 0.3 is 5.97 Å². The Hall–Kier alpha value is -2.49. The molecule has 0 aromatic heterocycles. The number of hydrogen-bond donors (Lipinski definition) is 0. The van der Waals surface area contributed by atoms with E-state index in [1.165, 1.54) is 12.0 Å². The molecule has 4 nitrogen and oxygen atoms in total. The van der Waals surface area contributed by atoms with E-state index in [4.69, 9.17) is 14.2 Å². The zero-order chi connectivity index (χ0) is 18.1. The highest BCUT2D eigenvalue weighted by atomic mass is 16.7. The molecule has 26 heavy (non-hydrogen) atoms. The molecule has 136 valence electrons. The van der Waals surface area contributed by atoms with Crippen molar-refractivity contribution in [2.45, 2.75) is 57.7 Å². The second-order valence-electron chi connectivity index (χ2n) is 7.45. The Morgan fingerprint density at radius 2 is 1.65 bits per heavy atom. The lowest BCUT2D eigenvalue weighted by Gasteiger charge is -2.31. The lowest BCUT2D eigenvalue weighted by Crippen LogP contribution is -2.40. The predicted molar refractivity (Wildman–Crippen MR) is 99.0 cm³/mol. The number of fused-ring (bicyclic) bond motifs is 1. The summed E-state index contributed by atoms with van der Waals surface area (Å²) < 4.78 is 17.7. The van der Waals surface area contributed by atoms with E-state index in [9.17, 15) is 4.79 Å². The monoisotopic (exact) mass is 352 g/mol. The fourth-order valence-electron chi connectivity index (χ4n) is 3.60. The van der Waals surface area contributed by atoms with E-state index in [-0.39, 0.29) is 5.97 Å². The second-order valence-corrected chi connectivity index (χ2v) is 7.45. The van der Waals surface area contributed by atoms with Gasteiger partial charge in [0.2, 0.25) is 0 Å². The molecular formula is C22H24O4. The molecule has 0 unspecified atom stereocenters. The molecule has 4 heteroatoms. The lowest BCUT2D eigenvalue weighted by molar-refractivity contribution is -0.105. The highest BCUT2D eigenvalue weighted by molar-refractivity contribution is 5.91. The average molecular weight is 352 g/mol. The molecule has 1 spiro atoms. The molecule has 0 radical (unpaired) electrons. The van der Waals surface area contributed by atoms with Crippen LogP contribution in [0.5, 0.6) is 17.2 Å². The zero-order valence-corrected chi connectivity index (χ0v) is 15.3. The zero-order valence-electron chi connectivity index (χ0n) is 15.3. The van der Waals surface area contributed by atoms with Gasteiger partial charge in [-0.3, -0.25) is 0 Å². The fraction of sp³-hybridized carbons (Fsp3) is 0.409. The van der Waals surface area contributed by atoms with Gasteiger partial charge in [0, 0.05) is 18.9 Å². The van der Waals surface area contributed by atoms with E-state index in [1.54, 1.807) is 12.1 Å². The van der Waals surface area contributed by atoms with Gasteiger partial charge < -0.3 is 14.2 Å². The van der Waals surface area contributed by atoms with Crippen molar-refractivity contribution in [2.24, 2.45) is 0 Å². The highest BCUT2D eigenvalue weighted by Gasteiger charge is 2.42. The molecule has 1 saturated carbocycles. The van der Waals surface area contributed by atoms with Gasteiger partial charge in [0.15, 0.2) is 11.5 Å². The normalized spacial score (nSPS) is 17.5. The van der Waals surface area contributed by atoms with Crippen molar-refractivity contribution in [3.8, 4) is 17.2 Å². The summed E-state index contributed by atoms with van der Waals surface area (Å²) in [4.78, 5) is 12.4. The fourth-order valence-corrected chi connectivity index (χ4v) is 3.60. The molecule has 0 bridgehead atoms. The maximum Gasteiger partial charge on any atom is 0.343 e. The molecule has 0 atom stereocenters. The Kier molecular flexibility index (Phi) is 4.35. The number of hydrogen-bond acceptors (Lipinski definition) is 4. The number of benzene rings is 2. The van der Waals surface area contributed by atoms with E-state index in [2.05, 4.69) is 13.8 Å². The van der Waals surface area contributed by atoms with Crippen molar-refractivity contribution in [2.75, 3.05) is 0 Å². The predicted octanol–water partition coefficient (Wildman–Crippen LogP) is 5.46. The molecule has 0 amide bonds. The number of ether oxygens (including phenoxy) is 3. The van der Waals surface area contributed by atoms with Crippen LogP contribution in [0.4, 0.5) is 0 Å². The molecule has 2 aromatic carbocycles. The van der Waals surface area contributed by atoms with Gasteiger partial charge in [-0.25, -0.2) is 4.79 Å². The molecule has 1 aliphatic carbocycles. The van der Waals surface area contributed by atoms with Gasteiger partial charge in [-0.15, -0.1) is 0 Å². The molecule has 2 aliphatic rings. The maximum absolute atomic E-state index is 12.4. The van der Waals surface area contributed by atoms with Crippen LogP contribution < -0.4 is 14.2 Å². The Bertz CT molecular complexity index is 801. The molecule has 0 N–H and O–H groups in total. The van der Waals surface area contributed by atoms with E-state index >= 15 is 0 Å². The van der Waals surface area contributed by atoms with Crippen LogP contribution in [-0.4, -0.2) is 11.8 Å². The Morgan fingerprint density at radius 1 is 0.962 bits per heavy atom. The summed E-state index contributed by atoms with van der Waals surface area (Å²) in [6.45, 7) is 4.25. The minimum Gasteiger partial charge on any atom is -0.448 e. The van der Waals surface area contributed by atoms with Crippen LogP contribution in [0, 0.1) is 0 Å². The third kappa shape index (κ3) is 3.28. The number of esters is 1. The first-order valence-corrected chi connectivity index (χ1v) is 9.39. The summed E-state index contributed by atoms with van der Waals surface area (Å²) in [7, 11) is 0. The average Bonchev–Trinajstić information content (AvgIpc) is 2.98. The summed E-state index contributed by atoms with van der Waals surface area (Å²) in [5.41, 5.74) is 1.73. The Balaban J connectivity index is 1.47. The molecule has 1 heterocycles. The lowest BCUT2D eigenvalue weighted by atomic mass is 9.94. The smallest absolute Gasteiger partial charge is 0.343 e. The standard InChI is InChI=1S/C22H24O4/c1-15(2)16-6-8-17(9-7-16)21(23)24-18-10-11-19-20(14-18)26-22(25-19)12-4-3-5-13-22/h6-11,14-15H,3-5,12-13H2,1-2H3. The number of carbonyl (C=O) groups is 1. The minimum atomic E-state index is -0.518. The van der Waals surface area contributed by atoms with E-state index in [1.807, 2.05) is 30.3 Å². The third-order valence-electron chi connectivity index (χ3n) is 5.15. The summed E-state index contributed by atoms with van der Waals surface area (Å²) in [5.74, 6) is 1.40. The molecule has 1 fully saturated rings. The summed E-state index contributed by atoms with van der Waals surface area (Å²) in [6, 6.07) is 12.9. The summed E-state index contributed by atoms with van der Waals surface area (Å²) >= 11 is 0. The highest BCUT2D eigenvalue weighted by Crippen LogP contribution is 2.46. The van der Waals surface area contributed by atoms with Crippen LogP contribution in [0.1, 0.15) is 67.8 Å². The van der Waals surface area contributed by atoms with Crippen LogP contribution in [0.2, 0.25) is 0 Å². The van der Waals surface area contributed by atoms with E-state index in [0.29, 0.717) is 23.0 Å². The second kappa shape index (κ2) is 6.67. The van der Waals surface area contributed by atoms with Crippen LogP contribution in [0.3, 0.4) is 0 Å². The Labute approximate surface area is 154 Å². The molecule has 0 saturated heterocycles. The summed E-state index contributed by atoms with van der Waals surface area (Å²) in [6.07, 6.45) is 5.26. The van der Waals surface area contributed by atoms with Crippen molar-refractivity contribution in [1.29, 1.82) is 0 Å². The van der Waals surface area contributed by atoms with Crippen molar-refractivity contribution in [1.82, 2.24) is 0 Å². The summed E-state index contributed by atoms with van der Waals surface area (Å²) in [5, 5.41) is 0.